The van der Waals surface area contributed by atoms with Crippen LogP contribution in [0.2, 0.25) is 0 Å². The molecule has 0 amide bonds. The van der Waals surface area contributed by atoms with Gasteiger partial charge >= 0.3 is 0 Å². The zero-order chi connectivity index (χ0) is 14.8. The minimum Gasteiger partial charge on any atom is -0.395 e. The highest BCUT2D eigenvalue weighted by atomic mass is 32.1. The summed E-state index contributed by atoms with van der Waals surface area (Å²) in [6.45, 7) is 0.561. The number of hydrogen-bond donors (Lipinski definition) is 3. The maximum Gasteiger partial charge on any atom is 0.261 e. The Labute approximate surface area is 126 Å². The molecule has 0 saturated carbocycles. The molecule has 21 heavy (non-hydrogen) atoms. The summed E-state index contributed by atoms with van der Waals surface area (Å²) in [4.78, 5) is 23.5. The zero-order valence-corrected chi connectivity index (χ0v) is 12.6. The van der Waals surface area contributed by atoms with E-state index in [9.17, 15) is 4.79 Å². The average molecular weight is 309 g/mol. The smallest absolute Gasteiger partial charge is 0.261 e. The van der Waals surface area contributed by atoms with Gasteiger partial charge < -0.3 is 15.1 Å². The van der Waals surface area contributed by atoms with E-state index in [0.29, 0.717) is 19.0 Å². The lowest BCUT2D eigenvalue weighted by Gasteiger charge is -2.20. The van der Waals surface area contributed by atoms with E-state index in [-0.39, 0.29) is 18.8 Å². The molecule has 2 heterocycles. The zero-order valence-electron chi connectivity index (χ0n) is 11.8. The van der Waals surface area contributed by atoms with Crippen LogP contribution in [0.4, 0.5) is 5.95 Å². The Morgan fingerprint density at radius 1 is 1.19 bits per heavy atom. The van der Waals surface area contributed by atoms with Crippen molar-refractivity contribution in [2.75, 3.05) is 31.2 Å². The Morgan fingerprint density at radius 2 is 1.90 bits per heavy atom. The van der Waals surface area contributed by atoms with Gasteiger partial charge in [-0.05, 0) is 31.2 Å². The topological polar surface area (TPSA) is 89.5 Å². The van der Waals surface area contributed by atoms with Crippen LogP contribution in [-0.2, 0) is 12.8 Å². The van der Waals surface area contributed by atoms with E-state index in [0.717, 1.165) is 35.0 Å². The number of nitrogens with zero attached hydrogens (tertiary/aromatic N) is 2. The molecule has 1 aliphatic rings. The summed E-state index contributed by atoms with van der Waals surface area (Å²) < 4.78 is 0. The fourth-order valence-electron chi connectivity index (χ4n) is 2.87. The fraction of sp³-hybridized carbons (Fsp3) is 0.571. The molecule has 3 N–H and O–H groups in total. The third-order valence-electron chi connectivity index (χ3n) is 3.85. The molecular weight excluding hydrogens is 290 g/mol. The lowest BCUT2D eigenvalue weighted by atomic mass is 9.97. The fourth-order valence-corrected chi connectivity index (χ4v) is 4.12. The molecule has 0 atom stereocenters. The van der Waals surface area contributed by atoms with Crippen LogP contribution in [0.1, 0.15) is 23.3 Å². The van der Waals surface area contributed by atoms with E-state index < -0.39 is 0 Å². The van der Waals surface area contributed by atoms with E-state index in [1.165, 1.54) is 11.3 Å². The molecular formula is C14H19N3O3S. The van der Waals surface area contributed by atoms with E-state index >= 15 is 0 Å². The standard InChI is InChI=1S/C14H19N3O3S/c18-7-5-17(6-8-19)14-15-12(20)11-9-3-1-2-4-10(9)21-13(11)16-14/h18-19H,1-8H2,(H,15,16,20). The minimum absolute atomic E-state index is 0.0529. The van der Waals surface area contributed by atoms with Crippen LogP contribution in [0.25, 0.3) is 10.2 Å². The van der Waals surface area contributed by atoms with Crippen LogP contribution in [0.15, 0.2) is 4.79 Å². The van der Waals surface area contributed by atoms with Gasteiger partial charge in [0.25, 0.3) is 5.56 Å². The predicted molar refractivity (Wildman–Crippen MR) is 83.3 cm³/mol. The highest BCUT2D eigenvalue weighted by Gasteiger charge is 2.20. The molecule has 114 valence electrons. The first-order chi connectivity index (χ1) is 10.2. The van der Waals surface area contributed by atoms with E-state index in [2.05, 4.69) is 9.97 Å². The number of H-pyrrole nitrogens is 1. The largest absolute Gasteiger partial charge is 0.395 e. The lowest BCUT2D eigenvalue weighted by Crippen LogP contribution is -2.32. The van der Waals surface area contributed by atoms with E-state index in [4.69, 9.17) is 10.2 Å². The Bertz CT molecular complexity index is 689. The summed E-state index contributed by atoms with van der Waals surface area (Å²) >= 11 is 1.60. The maximum atomic E-state index is 12.4. The molecule has 1 aliphatic carbocycles. The number of anilines is 1. The molecule has 0 saturated heterocycles. The second-order valence-electron chi connectivity index (χ2n) is 5.21. The number of rotatable bonds is 5. The van der Waals surface area contributed by atoms with Gasteiger partial charge in [-0.3, -0.25) is 9.78 Å². The Balaban J connectivity index is 2.08. The molecule has 6 nitrogen and oxygen atoms in total. The number of aromatic amines is 1. The highest BCUT2D eigenvalue weighted by Crippen LogP contribution is 2.33. The van der Waals surface area contributed by atoms with Crippen molar-refractivity contribution < 1.29 is 10.2 Å². The molecule has 2 aromatic rings. The Morgan fingerprint density at radius 3 is 2.62 bits per heavy atom. The molecule has 7 heteroatoms. The first-order valence-electron chi connectivity index (χ1n) is 7.26. The predicted octanol–water partition coefficient (Wildman–Crippen LogP) is 0.654. The van der Waals surface area contributed by atoms with Gasteiger partial charge in [0.1, 0.15) is 4.83 Å². The maximum absolute atomic E-state index is 12.4. The van der Waals surface area contributed by atoms with Crippen molar-refractivity contribution in [1.29, 1.82) is 0 Å². The van der Waals surface area contributed by atoms with Crippen molar-refractivity contribution in [3.63, 3.8) is 0 Å². The molecule has 0 unspecified atom stereocenters. The molecule has 0 aliphatic heterocycles. The van der Waals surface area contributed by atoms with Crippen molar-refractivity contribution in [2.24, 2.45) is 0 Å². The monoisotopic (exact) mass is 309 g/mol. The van der Waals surface area contributed by atoms with Gasteiger partial charge in [0.2, 0.25) is 5.95 Å². The van der Waals surface area contributed by atoms with Crippen molar-refractivity contribution in [2.45, 2.75) is 25.7 Å². The SMILES string of the molecule is O=c1[nH]c(N(CCO)CCO)nc2sc3c(c12)CCCC3. The van der Waals surface area contributed by atoms with Crippen molar-refractivity contribution in [1.82, 2.24) is 9.97 Å². The number of aryl methyl sites for hydroxylation is 2. The molecule has 2 aromatic heterocycles. The quantitative estimate of drug-likeness (QED) is 0.755. The first kappa shape index (κ1) is 14.5. The third-order valence-corrected chi connectivity index (χ3v) is 5.04. The molecule has 0 aromatic carbocycles. The molecule has 0 spiro atoms. The number of nitrogens with one attached hydrogen (secondary N) is 1. The number of thiophene rings is 1. The summed E-state index contributed by atoms with van der Waals surface area (Å²) in [6, 6.07) is 0. The summed E-state index contributed by atoms with van der Waals surface area (Å²) in [5, 5.41) is 18.9. The van der Waals surface area contributed by atoms with Crippen LogP contribution >= 0.6 is 11.3 Å². The van der Waals surface area contributed by atoms with Crippen molar-refractivity contribution >= 4 is 27.5 Å². The van der Waals surface area contributed by atoms with E-state index in [1.807, 2.05) is 0 Å². The number of hydrogen-bond acceptors (Lipinski definition) is 6. The molecule has 0 radical (unpaired) electrons. The van der Waals surface area contributed by atoms with Crippen molar-refractivity contribution in [3.8, 4) is 0 Å². The van der Waals surface area contributed by atoms with Gasteiger partial charge in [0, 0.05) is 18.0 Å². The second-order valence-corrected chi connectivity index (χ2v) is 6.30. The number of aromatic nitrogens is 2. The molecule has 0 bridgehead atoms. The third kappa shape index (κ3) is 2.68. The van der Waals surface area contributed by atoms with Crippen LogP contribution in [0.3, 0.4) is 0 Å². The van der Waals surface area contributed by atoms with Crippen LogP contribution < -0.4 is 10.5 Å². The number of fused-ring (bicyclic) bond motifs is 3. The number of aliphatic hydroxyl groups excluding tert-OH is 2. The Kier molecular flexibility index (Phi) is 4.23. The number of aliphatic hydroxyl groups is 2. The first-order valence-corrected chi connectivity index (χ1v) is 8.07. The summed E-state index contributed by atoms with van der Waals surface area (Å²) in [5.74, 6) is 0.425. The summed E-state index contributed by atoms with van der Waals surface area (Å²) in [5.41, 5.74) is 1.05. The average Bonchev–Trinajstić information content (AvgIpc) is 2.85. The van der Waals surface area contributed by atoms with Crippen LogP contribution in [-0.4, -0.2) is 46.5 Å². The van der Waals surface area contributed by atoms with Crippen molar-refractivity contribution in [3.05, 3.63) is 20.8 Å². The highest BCUT2D eigenvalue weighted by molar-refractivity contribution is 7.18. The summed E-state index contributed by atoms with van der Waals surface area (Å²) in [7, 11) is 0. The van der Waals surface area contributed by atoms with Gasteiger partial charge in [0.15, 0.2) is 0 Å². The Hall–Kier alpha value is -1.44. The summed E-state index contributed by atoms with van der Waals surface area (Å²) in [6.07, 6.45) is 4.28. The van der Waals surface area contributed by atoms with Gasteiger partial charge in [-0.15, -0.1) is 11.3 Å². The normalized spacial score (nSPS) is 14.4. The van der Waals surface area contributed by atoms with Gasteiger partial charge in [-0.2, -0.15) is 0 Å². The van der Waals surface area contributed by atoms with Crippen LogP contribution in [0, 0.1) is 0 Å². The van der Waals surface area contributed by atoms with Gasteiger partial charge in [-0.1, -0.05) is 0 Å². The molecule has 0 fully saturated rings. The van der Waals surface area contributed by atoms with E-state index in [1.54, 1.807) is 16.2 Å². The van der Waals surface area contributed by atoms with Gasteiger partial charge in [-0.25, -0.2) is 4.98 Å². The minimum atomic E-state index is -0.115. The van der Waals surface area contributed by atoms with Gasteiger partial charge in [0.05, 0.1) is 18.6 Å². The second kappa shape index (κ2) is 6.13. The lowest BCUT2D eigenvalue weighted by molar-refractivity contribution is 0.280. The molecule has 3 rings (SSSR count). The van der Waals surface area contributed by atoms with Crippen LogP contribution in [0.5, 0.6) is 0 Å².